The standard InChI is InChI=1S/C14H22N2O2/c17-13-8-10(9-16(13)12-6-7-12)14(18)15-11-4-2-1-3-5-11/h10-12H,1-9H2,(H,15,18). The van der Waals surface area contributed by atoms with Crippen LogP contribution in [0.4, 0.5) is 0 Å². The Morgan fingerprint density at radius 1 is 1.11 bits per heavy atom. The van der Waals surface area contributed by atoms with Crippen LogP contribution in [0, 0.1) is 5.92 Å². The third-order valence-corrected chi connectivity index (χ3v) is 4.47. The second-order valence-corrected chi connectivity index (χ2v) is 6.02. The summed E-state index contributed by atoms with van der Waals surface area (Å²) >= 11 is 0. The van der Waals surface area contributed by atoms with Crippen LogP contribution in [0.15, 0.2) is 0 Å². The van der Waals surface area contributed by atoms with E-state index in [1.54, 1.807) is 0 Å². The molecule has 0 aromatic rings. The zero-order valence-electron chi connectivity index (χ0n) is 10.9. The number of likely N-dealkylation sites (tertiary alicyclic amines) is 1. The van der Waals surface area contributed by atoms with Gasteiger partial charge in [0, 0.05) is 25.0 Å². The van der Waals surface area contributed by atoms with Crippen molar-refractivity contribution in [2.24, 2.45) is 5.92 Å². The molecule has 1 N–H and O–H groups in total. The van der Waals surface area contributed by atoms with Crippen LogP contribution in [0.5, 0.6) is 0 Å². The van der Waals surface area contributed by atoms with Crippen molar-refractivity contribution in [3.05, 3.63) is 0 Å². The van der Waals surface area contributed by atoms with Crippen LogP contribution in [0.3, 0.4) is 0 Å². The molecule has 1 saturated heterocycles. The average Bonchev–Trinajstić information content (AvgIpc) is 3.14. The topological polar surface area (TPSA) is 49.4 Å². The van der Waals surface area contributed by atoms with Gasteiger partial charge < -0.3 is 10.2 Å². The summed E-state index contributed by atoms with van der Waals surface area (Å²) in [4.78, 5) is 25.9. The number of hydrogen-bond acceptors (Lipinski definition) is 2. The van der Waals surface area contributed by atoms with Crippen LogP contribution in [-0.4, -0.2) is 35.3 Å². The number of carbonyl (C=O) groups is 2. The van der Waals surface area contributed by atoms with Gasteiger partial charge in [0.2, 0.25) is 11.8 Å². The Morgan fingerprint density at radius 3 is 2.50 bits per heavy atom. The van der Waals surface area contributed by atoms with Gasteiger partial charge in [-0.05, 0) is 25.7 Å². The second-order valence-electron chi connectivity index (χ2n) is 6.02. The highest BCUT2D eigenvalue weighted by Crippen LogP contribution is 2.32. The number of nitrogens with zero attached hydrogens (tertiary/aromatic N) is 1. The van der Waals surface area contributed by atoms with Crippen molar-refractivity contribution in [1.82, 2.24) is 10.2 Å². The molecule has 0 radical (unpaired) electrons. The highest BCUT2D eigenvalue weighted by Gasteiger charge is 2.41. The molecule has 1 aliphatic heterocycles. The fourth-order valence-electron chi connectivity index (χ4n) is 3.21. The van der Waals surface area contributed by atoms with Gasteiger partial charge in [0.05, 0.1) is 5.92 Å². The lowest BCUT2D eigenvalue weighted by Gasteiger charge is -2.24. The highest BCUT2D eigenvalue weighted by atomic mass is 16.2. The van der Waals surface area contributed by atoms with Crippen molar-refractivity contribution >= 4 is 11.8 Å². The fourth-order valence-corrected chi connectivity index (χ4v) is 3.21. The number of nitrogens with one attached hydrogen (secondary N) is 1. The summed E-state index contributed by atoms with van der Waals surface area (Å²) in [5, 5.41) is 3.14. The first-order valence-electron chi connectivity index (χ1n) is 7.34. The molecule has 3 fully saturated rings. The molecule has 2 amide bonds. The van der Waals surface area contributed by atoms with E-state index in [-0.39, 0.29) is 17.7 Å². The number of hydrogen-bond donors (Lipinski definition) is 1. The SMILES string of the molecule is O=C(NC1CCCCC1)C1CC(=O)N(C2CC2)C1. The van der Waals surface area contributed by atoms with Crippen molar-refractivity contribution in [2.75, 3.05) is 6.54 Å². The zero-order valence-corrected chi connectivity index (χ0v) is 10.9. The molecule has 3 aliphatic rings. The monoisotopic (exact) mass is 250 g/mol. The third kappa shape index (κ3) is 2.52. The van der Waals surface area contributed by atoms with Gasteiger partial charge in [-0.2, -0.15) is 0 Å². The summed E-state index contributed by atoms with van der Waals surface area (Å²) in [7, 11) is 0. The van der Waals surface area contributed by atoms with E-state index >= 15 is 0 Å². The largest absolute Gasteiger partial charge is 0.353 e. The molecule has 0 bridgehead atoms. The van der Waals surface area contributed by atoms with Gasteiger partial charge in [-0.3, -0.25) is 9.59 Å². The predicted molar refractivity (Wildman–Crippen MR) is 67.9 cm³/mol. The van der Waals surface area contributed by atoms with Gasteiger partial charge in [0.1, 0.15) is 0 Å². The summed E-state index contributed by atoms with van der Waals surface area (Å²) in [5.74, 6) is 0.194. The second kappa shape index (κ2) is 4.90. The lowest BCUT2D eigenvalue weighted by molar-refractivity contribution is -0.129. The first-order chi connectivity index (χ1) is 8.74. The van der Waals surface area contributed by atoms with Crippen molar-refractivity contribution in [2.45, 2.75) is 63.5 Å². The molecular weight excluding hydrogens is 228 g/mol. The molecule has 1 atom stereocenters. The zero-order chi connectivity index (χ0) is 12.5. The van der Waals surface area contributed by atoms with E-state index in [0.29, 0.717) is 25.0 Å². The van der Waals surface area contributed by atoms with Crippen LogP contribution < -0.4 is 5.32 Å². The molecule has 100 valence electrons. The average molecular weight is 250 g/mol. The third-order valence-electron chi connectivity index (χ3n) is 4.47. The maximum Gasteiger partial charge on any atom is 0.225 e. The summed E-state index contributed by atoms with van der Waals surface area (Å²) < 4.78 is 0. The van der Waals surface area contributed by atoms with E-state index in [2.05, 4.69) is 5.32 Å². The highest BCUT2D eigenvalue weighted by molar-refractivity contribution is 5.89. The van der Waals surface area contributed by atoms with Crippen molar-refractivity contribution in [3.8, 4) is 0 Å². The van der Waals surface area contributed by atoms with E-state index < -0.39 is 0 Å². The van der Waals surface area contributed by atoms with Crippen LogP contribution in [-0.2, 0) is 9.59 Å². The maximum absolute atomic E-state index is 12.2. The van der Waals surface area contributed by atoms with Crippen LogP contribution in [0.2, 0.25) is 0 Å². The smallest absolute Gasteiger partial charge is 0.225 e. The molecule has 0 aromatic heterocycles. The van der Waals surface area contributed by atoms with Crippen molar-refractivity contribution in [3.63, 3.8) is 0 Å². The quantitative estimate of drug-likeness (QED) is 0.824. The normalized spacial score (nSPS) is 29.7. The minimum atomic E-state index is -0.0972. The lowest BCUT2D eigenvalue weighted by atomic mass is 9.95. The van der Waals surface area contributed by atoms with Crippen LogP contribution in [0.25, 0.3) is 0 Å². The molecule has 3 rings (SSSR count). The van der Waals surface area contributed by atoms with Crippen molar-refractivity contribution < 1.29 is 9.59 Å². The van der Waals surface area contributed by atoms with Crippen molar-refractivity contribution in [1.29, 1.82) is 0 Å². The van der Waals surface area contributed by atoms with Gasteiger partial charge in [-0.1, -0.05) is 19.3 Å². The summed E-state index contributed by atoms with van der Waals surface area (Å²) in [6.45, 7) is 0.655. The Bertz CT molecular complexity index is 346. The predicted octanol–water partition coefficient (Wildman–Crippen LogP) is 1.45. The van der Waals surface area contributed by atoms with E-state index in [1.165, 1.54) is 19.3 Å². The molecule has 2 aliphatic carbocycles. The lowest BCUT2D eigenvalue weighted by Crippen LogP contribution is -2.40. The number of amides is 2. The molecule has 2 saturated carbocycles. The summed E-state index contributed by atoms with van der Waals surface area (Å²) in [6, 6.07) is 0.807. The Labute approximate surface area is 108 Å². The van der Waals surface area contributed by atoms with E-state index in [4.69, 9.17) is 0 Å². The summed E-state index contributed by atoms with van der Waals surface area (Å²) in [6.07, 6.45) is 8.65. The first kappa shape index (κ1) is 12.0. The molecule has 4 heteroatoms. The molecule has 1 heterocycles. The van der Waals surface area contributed by atoms with E-state index in [9.17, 15) is 9.59 Å². The molecular formula is C14H22N2O2. The Balaban J connectivity index is 1.51. The molecule has 18 heavy (non-hydrogen) atoms. The minimum absolute atomic E-state index is 0.0972. The summed E-state index contributed by atoms with van der Waals surface area (Å²) in [5.41, 5.74) is 0. The Hall–Kier alpha value is -1.06. The fraction of sp³-hybridized carbons (Fsp3) is 0.857. The van der Waals surface area contributed by atoms with E-state index in [0.717, 1.165) is 25.7 Å². The van der Waals surface area contributed by atoms with Gasteiger partial charge in [-0.25, -0.2) is 0 Å². The Kier molecular flexibility index (Phi) is 3.27. The van der Waals surface area contributed by atoms with E-state index in [1.807, 2.05) is 4.90 Å². The van der Waals surface area contributed by atoms with Gasteiger partial charge in [0.25, 0.3) is 0 Å². The van der Waals surface area contributed by atoms with Gasteiger partial charge in [-0.15, -0.1) is 0 Å². The van der Waals surface area contributed by atoms with Gasteiger partial charge in [0.15, 0.2) is 0 Å². The maximum atomic E-state index is 12.2. The molecule has 1 unspecified atom stereocenters. The van der Waals surface area contributed by atoms with Crippen LogP contribution in [0.1, 0.15) is 51.4 Å². The number of rotatable bonds is 3. The molecule has 0 aromatic carbocycles. The van der Waals surface area contributed by atoms with Crippen LogP contribution >= 0.6 is 0 Å². The molecule has 4 nitrogen and oxygen atoms in total. The van der Waals surface area contributed by atoms with Gasteiger partial charge >= 0.3 is 0 Å². The number of carbonyl (C=O) groups excluding carboxylic acids is 2. The molecule has 0 spiro atoms. The minimum Gasteiger partial charge on any atom is -0.353 e. The first-order valence-corrected chi connectivity index (χ1v) is 7.34. The Morgan fingerprint density at radius 2 is 1.83 bits per heavy atom.